The third kappa shape index (κ3) is 4.47. The summed E-state index contributed by atoms with van der Waals surface area (Å²) in [5.74, 6) is -1.89. The molecular weight excluding hydrogens is 265 g/mol. The zero-order chi connectivity index (χ0) is 15.2. The van der Waals surface area contributed by atoms with E-state index in [2.05, 4.69) is 5.32 Å². The van der Waals surface area contributed by atoms with Gasteiger partial charge in [0.2, 0.25) is 0 Å². The molecule has 0 unspecified atom stereocenters. The molecule has 0 aliphatic heterocycles. The molecule has 0 heterocycles. The predicted molar refractivity (Wildman–Crippen MR) is 72.0 cm³/mol. The highest BCUT2D eigenvalue weighted by molar-refractivity contribution is 5.94. The van der Waals surface area contributed by atoms with Crippen molar-refractivity contribution in [1.29, 1.82) is 0 Å². The first-order valence-electron chi connectivity index (χ1n) is 6.52. The largest absolute Gasteiger partial charge is 0.505 e. The lowest BCUT2D eigenvalue weighted by Gasteiger charge is -2.26. The number of benzene rings is 1. The fraction of sp³-hybridized carbons (Fsp3) is 0.500. The van der Waals surface area contributed by atoms with Crippen LogP contribution in [0, 0.1) is 5.82 Å². The third-order valence-corrected chi connectivity index (χ3v) is 3.24. The quantitative estimate of drug-likeness (QED) is 0.605. The van der Waals surface area contributed by atoms with E-state index in [9.17, 15) is 19.4 Å². The Labute approximate surface area is 117 Å². The van der Waals surface area contributed by atoms with E-state index in [0.29, 0.717) is 19.3 Å². The van der Waals surface area contributed by atoms with Crippen LogP contribution in [0.1, 0.15) is 36.5 Å². The van der Waals surface area contributed by atoms with E-state index < -0.39 is 23.1 Å². The van der Waals surface area contributed by atoms with Crippen LogP contribution < -0.4 is 5.32 Å². The maximum Gasteiger partial charge on any atom is 0.251 e. The molecule has 4 N–H and O–H groups in total. The van der Waals surface area contributed by atoms with Gasteiger partial charge in [0, 0.05) is 18.7 Å². The summed E-state index contributed by atoms with van der Waals surface area (Å²) >= 11 is 0. The molecule has 0 saturated heterocycles. The number of aliphatic hydroxyl groups excluding tert-OH is 1. The van der Waals surface area contributed by atoms with Crippen LogP contribution in [0.5, 0.6) is 5.75 Å². The molecule has 1 aromatic carbocycles. The summed E-state index contributed by atoms with van der Waals surface area (Å²) in [5.41, 5.74) is -0.968. The molecule has 112 valence electrons. The second-order valence-electron chi connectivity index (χ2n) is 4.75. The number of carbonyl (C=O) groups is 1. The lowest BCUT2D eigenvalue weighted by Crippen LogP contribution is -2.42. The molecular formula is C14H20FNO4. The summed E-state index contributed by atoms with van der Waals surface area (Å²) in [6.45, 7) is 1.79. The third-order valence-electron chi connectivity index (χ3n) is 3.24. The molecule has 0 aliphatic rings. The van der Waals surface area contributed by atoms with Crippen LogP contribution in [-0.4, -0.2) is 40.0 Å². The first-order valence-corrected chi connectivity index (χ1v) is 6.52. The zero-order valence-electron chi connectivity index (χ0n) is 11.4. The zero-order valence-corrected chi connectivity index (χ0v) is 11.4. The van der Waals surface area contributed by atoms with E-state index in [1.807, 2.05) is 0 Å². The molecule has 0 fully saturated rings. The van der Waals surface area contributed by atoms with Crippen molar-refractivity contribution < 1.29 is 24.5 Å². The van der Waals surface area contributed by atoms with Gasteiger partial charge in [-0.25, -0.2) is 4.39 Å². The number of aliphatic hydroxyl groups is 2. The molecule has 1 amide bonds. The van der Waals surface area contributed by atoms with Crippen LogP contribution in [0.15, 0.2) is 18.2 Å². The van der Waals surface area contributed by atoms with E-state index in [1.165, 1.54) is 6.07 Å². The Morgan fingerprint density at radius 1 is 1.45 bits per heavy atom. The number of amides is 1. The standard InChI is InChI=1S/C14H20FNO4/c1-2-14(20,6-3-7-17)9-16-13(19)10-4-5-11(15)12(18)8-10/h4-5,8,17-18,20H,2-3,6-7,9H2,1H3,(H,16,19)/t14-/m0/s1. The molecule has 0 bridgehead atoms. The average molecular weight is 285 g/mol. The maximum atomic E-state index is 12.9. The van der Waals surface area contributed by atoms with Crippen LogP contribution in [-0.2, 0) is 0 Å². The summed E-state index contributed by atoms with van der Waals surface area (Å²) in [5, 5.41) is 30.7. The molecule has 1 aromatic rings. The molecule has 1 atom stereocenters. The highest BCUT2D eigenvalue weighted by atomic mass is 19.1. The number of carbonyl (C=O) groups excluding carboxylic acids is 1. The lowest BCUT2D eigenvalue weighted by atomic mass is 9.94. The summed E-state index contributed by atoms with van der Waals surface area (Å²) in [6, 6.07) is 3.29. The summed E-state index contributed by atoms with van der Waals surface area (Å²) in [4.78, 5) is 11.8. The Hall–Kier alpha value is -1.66. The van der Waals surface area contributed by atoms with Crippen molar-refractivity contribution >= 4 is 5.91 Å². The average Bonchev–Trinajstić information content (AvgIpc) is 2.45. The van der Waals surface area contributed by atoms with Crippen LogP contribution in [0.25, 0.3) is 0 Å². The highest BCUT2D eigenvalue weighted by Gasteiger charge is 2.25. The van der Waals surface area contributed by atoms with Crippen LogP contribution in [0.2, 0.25) is 0 Å². The van der Waals surface area contributed by atoms with Gasteiger partial charge < -0.3 is 20.6 Å². The number of phenolic OH excluding ortho intramolecular Hbond substituents is 1. The first kappa shape index (κ1) is 16.4. The number of nitrogens with one attached hydrogen (secondary N) is 1. The topological polar surface area (TPSA) is 89.8 Å². The molecule has 6 heteroatoms. The van der Waals surface area contributed by atoms with Gasteiger partial charge in [0.05, 0.1) is 5.60 Å². The molecule has 0 aliphatic carbocycles. The number of rotatable bonds is 7. The van der Waals surface area contributed by atoms with Crippen molar-refractivity contribution in [1.82, 2.24) is 5.32 Å². The minimum atomic E-state index is -1.08. The van der Waals surface area contributed by atoms with Gasteiger partial charge in [-0.3, -0.25) is 4.79 Å². The van der Waals surface area contributed by atoms with Crippen LogP contribution >= 0.6 is 0 Å². The van der Waals surface area contributed by atoms with Crippen LogP contribution in [0.4, 0.5) is 4.39 Å². The minimum Gasteiger partial charge on any atom is -0.505 e. The maximum absolute atomic E-state index is 12.9. The Balaban J connectivity index is 2.63. The van der Waals surface area contributed by atoms with E-state index in [0.717, 1.165) is 12.1 Å². The first-order chi connectivity index (χ1) is 9.41. The molecule has 0 radical (unpaired) electrons. The van der Waals surface area contributed by atoms with Gasteiger partial charge in [0.25, 0.3) is 5.91 Å². The van der Waals surface area contributed by atoms with Crippen molar-refractivity contribution in [3.8, 4) is 5.75 Å². The minimum absolute atomic E-state index is 0.0257. The number of hydrogen-bond acceptors (Lipinski definition) is 4. The molecule has 5 nitrogen and oxygen atoms in total. The van der Waals surface area contributed by atoms with Gasteiger partial charge in [-0.1, -0.05) is 6.92 Å². The van der Waals surface area contributed by atoms with Crippen molar-refractivity contribution in [2.24, 2.45) is 0 Å². The summed E-state index contributed by atoms with van der Waals surface area (Å²) in [7, 11) is 0. The number of hydrogen-bond donors (Lipinski definition) is 4. The second-order valence-corrected chi connectivity index (χ2v) is 4.75. The van der Waals surface area contributed by atoms with E-state index >= 15 is 0 Å². The Kier molecular flexibility index (Phi) is 5.91. The normalized spacial score (nSPS) is 13.8. The monoisotopic (exact) mass is 285 g/mol. The molecule has 0 spiro atoms. The number of phenols is 1. The van der Waals surface area contributed by atoms with Gasteiger partial charge in [-0.2, -0.15) is 0 Å². The smallest absolute Gasteiger partial charge is 0.251 e. The van der Waals surface area contributed by atoms with Crippen molar-refractivity contribution in [2.45, 2.75) is 31.8 Å². The van der Waals surface area contributed by atoms with E-state index in [4.69, 9.17) is 5.11 Å². The van der Waals surface area contributed by atoms with Gasteiger partial charge in [0.15, 0.2) is 11.6 Å². The van der Waals surface area contributed by atoms with Gasteiger partial charge in [-0.05, 0) is 37.5 Å². The Bertz CT molecular complexity index is 466. The SMILES string of the molecule is CC[C@](O)(CCCO)CNC(=O)c1ccc(F)c(O)c1. The van der Waals surface area contributed by atoms with E-state index in [-0.39, 0.29) is 18.7 Å². The Morgan fingerprint density at radius 3 is 2.70 bits per heavy atom. The van der Waals surface area contributed by atoms with Crippen molar-refractivity contribution in [3.63, 3.8) is 0 Å². The second kappa shape index (κ2) is 7.21. The van der Waals surface area contributed by atoms with Gasteiger partial charge in [0.1, 0.15) is 0 Å². The molecule has 1 rings (SSSR count). The highest BCUT2D eigenvalue weighted by Crippen LogP contribution is 2.18. The fourth-order valence-electron chi connectivity index (χ4n) is 1.80. The lowest BCUT2D eigenvalue weighted by molar-refractivity contribution is 0.0212. The Morgan fingerprint density at radius 2 is 2.15 bits per heavy atom. The fourth-order valence-corrected chi connectivity index (χ4v) is 1.80. The van der Waals surface area contributed by atoms with Gasteiger partial charge in [-0.15, -0.1) is 0 Å². The number of aromatic hydroxyl groups is 1. The number of halogens is 1. The van der Waals surface area contributed by atoms with E-state index in [1.54, 1.807) is 6.92 Å². The molecule has 0 aromatic heterocycles. The molecule has 20 heavy (non-hydrogen) atoms. The summed E-state index contributed by atoms with van der Waals surface area (Å²) < 4.78 is 12.9. The predicted octanol–water partition coefficient (Wildman–Crippen LogP) is 1.17. The summed E-state index contributed by atoms with van der Waals surface area (Å²) in [6.07, 6.45) is 1.24. The van der Waals surface area contributed by atoms with Gasteiger partial charge >= 0.3 is 0 Å². The van der Waals surface area contributed by atoms with Crippen molar-refractivity contribution in [2.75, 3.05) is 13.2 Å². The molecule has 0 saturated carbocycles. The van der Waals surface area contributed by atoms with Crippen LogP contribution in [0.3, 0.4) is 0 Å². The van der Waals surface area contributed by atoms with Crippen molar-refractivity contribution in [3.05, 3.63) is 29.6 Å².